The number of hydrogen-bond acceptors (Lipinski definition) is 3. The number of carbonyl (C=O) groups is 1. The molecule has 1 aromatic heterocycles. The summed E-state index contributed by atoms with van der Waals surface area (Å²) in [5, 5.41) is 0. The van der Waals surface area contributed by atoms with Crippen molar-refractivity contribution < 1.29 is 9.53 Å². The van der Waals surface area contributed by atoms with Crippen molar-refractivity contribution in [1.29, 1.82) is 0 Å². The fourth-order valence-electron chi connectivity index (χ4n) is 2.57. The SMILES string of the molecule is Cc1cc(Br)c(=O)n(CC(=O)OC2CCC(C)CC2)c1. The van der Waals surface area contributed by atoms with Crippen molar-refractivity contribution in [2.75, 3.05) is 0 Å². The Hall–Kier alpha value is -1.10. The Morgan fingerprint density at radius 1 is 1.40 bits per heavy atom. The van der Waals surface area contributed by atoms with Gasteiger partial charge in [-0.1, -0.05) is 6.92 Å². The van der Waals surface area contributed by atoms with Gasteiger partial charge in [-0.05, 0) is 66.1 Å². The molecule has 1 heterocycles. The van der Waals surface area contributed by atoms with Gasteiger partial charge in [0, 0.05) is 6.20 Å². The quantitative estimate of drug-likeness (QED) is 0.794. The lowest BCUT2D eigenvalue weighted by molar-refractivity contribution is -0.151. The topological polar surface area (TPSA) is 48.3 Å². The first-order valence-corrected chi connectivity index (χ1v) is 7.81. The molecule has 0 atom stereocenters. The van der Waals surface area contributed by atoms with E-state index in [0.29, 0.717) is 4.47 Å². The number of nitrogens with zero attached hydrogens (tertiary/aromatic N) is 1. The van der Waals surface area contributed by atoms with Crippen molar-refractivity contribution in [2.45, 2.75) is 52.2 Å². The van der Waals surface area contributed by atoms with Crippen molar-refractivity contribution in [3.63, 3.8) is 0 Å². The zero-order valence-electron chi connectivity index (χ0n) is 11.9. The minimum Gasteiger partial charge on any atom is -0.461 e. The largest absolute Gasteiger partial charge is 0.461 e. The third-order valence-electron chi connectivity index (χ3n) is 3.74. The van der Waals surface area contributed by atoms with Gasteiger partial charge in [0.1, 0.15) is 12.6 Å². The average Bonchev–Trinajstić information content (AvgIpc) is 2.38. The minimum atomic E-state index is -0.329. The second-order valence-corrected chi connectivity index (χ2v) is 6.52. The molecule has 0 spiro atoms. The molecule has 0 aromatic carbocycles. The van der Waals surface area contributed by atoms with E-state index in [4.69, 9.17) is 4.74 Å². The number of halogens is 1. The maximum Gasteiger partial charge on any atom is 0.326 e. The first-order chi connectivity index (χ1) is 9.45. The lowest BCUT2D eigenvalue weighted by atomic mass is 9.89. The molecule has 0 bridgehead atoms. The van der Waals surface area contributed by atoms with Crippen LogP contribution in [-0.2, 0) is 16.1 Å². The Bertz CT molecular complexity index is 545. The predicted octanol–water partition coefficient (Wildman–Crippen LogP) is 3.04. The van der Waals surface area contributed by atoms with Gasteiger partial charge in [0.05, 0.1) is 4.47 Å². The van der Waals surface area contributed by atoms with Crippen molar-refractivity contribution in [1.82, 2.24) is 4.57 Å². The zero-order chi connectivity index (χ0) is 14.7. The van der Waals surface area contributed by atoms with Crippen LogP contribution in [0.3, 0.4) is 0 Å². The monoisotopic (exact) mass is 341 g/mol. The van der Waals surface area contributed by atoms with Gasteiger partial charge in [-0.25, -0.2) is 0 Å². The molecule has 1 aliphatic rings. The summed E-state index contributed by atoms with van der Waals surface area (Å²) in [6, 6.07) is 1.74. The maximum absolute atomic E-state index is 11.9. The van der Waals surface area contributed by atoms with Crippen molar-refractivity contribution in [3.8, 4) is 0 Å². The molecule has 1 aromatic rings. The number of esters is 1. The fraction of sp³-hybridized carbons (Fsp3) is 0.600. The standard InChI is InChI=1S/C15H20BrNO3/c1-10-3-5-12(6-4-10)20-14(18)9-17-8-11(2)7-13(16)15(17)19/h7-8,10,12H,3-6,9H2,1-2H3. The lowest BCUT2D eigenvalue weighted by Crippen LogP contribution is -2.29. The Balaban J connectivity index is 1.97. The third kappa shape index (κ3) is 3.95. The van der Waals surface area contributed by atoms with E-state index in [0.717, 1.165) is 37.2 Å². The Morgan fingerprint density at radius 2 is 2.05 bits per heavy atom. The molecule has 20 heavy (non-hydrogen) atoms. The summed E-state index contributed by atoms with van der Waals surface area (Å²) in [5.74, 6) is 0.393. The molecule has 0 saturated heterocycles. The number of hydrogen-bond donors (Lipinski definition) is 0. The normalized spacial score (nSPS) is 22.6. The molecule has 0 aliphatic heterocycles. The van der Waals surface area contributed by atoms with E-state index < -0.39 is 0 Å². The third-order valence-corrected chi connectivity index (χ3v) is 4.31. The number of rotatable bonds is 3. The molecule has 0 N–H and O–H groups in total. The van der Waals surface area contributed by atoms with Crippen molar-refractivity contribution in [2.24, 2.45) is 5.92 Å². The minimum absolute atomic E-state index is 0.0163. The number of ether oxygens (including phenoxy) is 1. The molecule has 110 valence electrons. The van der Waals surface area contributed by atoms with Gasteiger partial charge >= 0.3 is 5.97 Å². The van der Waals surface area contributed by atoms with Crippen LogP contribution in [0.2, 0.25) is 0 Å². The summed E-state index contributed by atoms with van der Waals surface area (Å²) in [4.78, 5) is 23.8. The highest BCUT2D eigenvalue weighted by Crippen LogP contribution is 2.25. The molecule has 0 radical (unpaired) electrons. The summed E-state index contributed by atoms with van der Waals surface area (Å²) in [5.41, 5.74) is 0.723. The predicted molar refractivity (Wildman–Crippen MR) is 80.7 cm³/mol. The molecular weight excluding hydrogens is 322 g/mol. The highest BCUT2D eigenvalue weighted by molar-refractivity contribution is 9.10. The number of carbonyl (C=O) groups excluding carboxylic acids is 1. The molecular formula is C15H20BrNO3. The van der Waals surface area contributed by atoms with E-state index in [9.17, 15) is 9.59 Å². The second kappa shape index (κ2) is 6.57. The van der Waals surface area contributed by atoms with Gasteiger partial charge in [-0.3, -0.25) is 9.59 Å². The van der Waals surface area contributed by atoms with Crippen LogP contribution in [0.1, 0.15) is 38.2 Å². The molecule has 1 aliphatic carbocycles. The van der Waals surface area contributed by atoms with E-state index in [2.05, 4.69) is 22.9 Å². The van der Waals surface area contributed by atoms with Crippen molar-refractivity contribution >= 4 is 21.9 Å². The van der Waals surface area contributed by atoms with E-state index in [1.54, 1.807) is 12.3 Å². The van der Waals surface area contributed by atoms with Crippen LogP contribution < -0.4 is 5.56 Å². The smallest absolute Gasteiger partial charge is 0.326 e. The summed E-state index contributed by atoms with van der Waals surface area (Å²) >= 11 is 3.21. The van der Waals surface area contributed by atoms with Crippen LogP contribution in [-0.4, -0.2) is 16.6 Å². The number of aromatic nitrogens is 1. The van der Waals surface area contributed by atoms with Crippen LogP contribution in [0.15, 0.2) is 21.5 Å². The summed E-state index contributed by atoms with van der Waals surface area (Å²) in [6.07, 6.45) is 5.76. The lowest BCUT2D eigenvalue weighted by Gasteiger charge is -2.26. The van der Waals surface area contributed by atoms with Gasteiger partial charge in [-0.15, -0.1) is 0 Å². The maximum atomic E-state index is 11.9. The van der Waals surface area contributed by atoms with Crippen molar-refractivity contribution in [3.05, 3.63) is 32.7 Å². The summed E-state index contributed by atoms with van der Waals surface area (Å²) < 4.78 is 7.33. The molecule has 1 saturated carbocycles. The van der Waals surface area contributed by atoms with Crippen LogP contribution >= 0.6 is 15.9 Å². The average molecular weight is 342 g/mol. The van der Waals surface area contributed by atoms with Crippen LogP contribution in [0.5, 0.6) is 0 Å². The number of pyridine rings is 1. The fourth-order valence-corrected chi connectivity index (χ4v) is 3.16. The van der Waals surface area contributed by atoms with Gasteiger partial charge in [0.2, 0.25) is 0 Å². The molecule has 0 amide bonds. The Kier molecular flexibility index (Phi) is 5.02. The highest BCUT2D eigenvalue weighted by Gasteiger charge is 2.21. The van der Waals surface area contributed by atoms with Gasteiger partial charge < -0.3 is 9.30 Å². The Morgan fingerprint density at radius 3 is 2.70 bits per heavy atom. The number of aryl methyl sites for hydroxylation is 1. The molecule has 5 heteroatoms. The molecule has 4 nitrogen and oxygen atoms in total. The highest BCUT2D eigenvalue weighted by atomic mass is 79.9. The molecule has 1 fully saturated rings. The van der Waals surface area contributed by atoms with E-state index in [-0.39, 0.29) is 24.2 Å². The Labute approximate surface area is 127 Å². The van der Waals surface area contributed by atoms with E-state index >= 15 is 0 Å². The van der Waals surface area contributed by atoms with Gasteiger partial charge in [0.25, 0.3) is 5.56 Å². The summed E-state index contributed by atoms with van der Waals surface area (Å²) in [7, 11) is 0. The second-order valence-electron chi connectivity index (χ2n) is 5.67. The van der Waals surface area contributed by atoms with E-state index in [1.807, 2.05) is 6.92 Å². The van der Waals surface area contributed by atoms with Crippen LogP contribution in [0.25, 0.3) is 0 Å². The van der Waals surface area contributed by atoms with Gasteiger partial charge in [0.15, 0.2) is 0 Å². The van der Waals surface area contributed by atoms with Crippen LogP contribution in [0.4, 0.5) is 0 Å². The molecule has 2 rings (SSSR count). The zero-order valence-corrected chi connectivity index (χ0v) is 13.5. The van der Waals surface area contributed by atoms with Gasteiger partial charge in [-0.2, -0.15) is 0 Å². The first-order valence-electron chi connectivity index (χ1n) is 7.02. The van der Waals surface area contributed by atoms with Crippen LogP contribution in [0, 0.1) is 12.8 Å². The summed E-state index contributed by atoms with van der Waals surface area (Å²) in [6.45, 7) is 4.08. The van der Waals surface area contributed by atoms with E-state index in [1.165, 1.54) is 4.57 Å². The first kappa shape index (κ1) is 15.3. The molecule has 0 unspecified atom stereocenters.